The van der Waals surface area contributed by atoms with Crippen molar-refractivity contribution < 1.29 is 0 Å². The van der Waals surface area contributed by atoms with Crippen LogP contribution in [0.3, 0.4) is 0 Å². The lowest BCUT2D eigenvalue weighted by Gasteiger charge is -2.06. The van der Waals surface area contributed by atoms with Gasteiger partial charge in [0.15, 0.2) is 0 Å². The van der Waals surface area contributed by atoms with Crippen LogP contribution in [0, 0.1) is 0 Å². The Kier molecular flexibility index (Phi) is 4.20. The minimum atomic E-state index is 0. The van der Waals surface area contributed by atoms with Crippen LogP contribution in [-0.4, -0.2) is 9.55 Å². The highest BCUT2D eigenvalue weighted by Gasteiger charge is 2.02. The fourth-order valence-electron chi connectivity index (χ4n) is 2.19. The van der Waals surface area contributed by atoms with Crippen molar-refractivity contribution in [3.63, 3.8) is 0 Å². The van der Waals surface area contributed by atoms with Crippen LogP contribution in [0.15, 0.2) is 54.9 Å². The van der Waals surface area contributed by atoms with Crippen LogP contribution in [-0.2, 0) is 13.1 Å². The summed E-state index contributed by atoms with van der Waals surface area (Å²) in [6, 6.07) is 16.5. The summed E-state index contributed by atoms with van der Waals surface area (Å²) in [6.45, 7) is 1.41. The molecule has 0 radical (unpaired) electrons. The second-order valence-corrected chi connectivity index (χ2v) is 4.39. The van der Waals surface area contributed by atoms with E-state index in [0.717, 1.165) is 23.1 Å². The van der Waals surface area contributed by atoms with Crippen molar-refractivity contribution >= 4 is 23.4 Å². The zero-order valence-electron chi connectivity index (χ0n) is 10.5. The van der Waals surface area contributed by atoms with Gasteiger partial charge in [-0.2, -0.15) is 0 Å². The molecule has 3 aromatic rings. The van der Waals surface area contributed by atoms with Gasteiger partial charge in [0.05, 0.1) is 17.4 Å². The van der Waals surface area contributed by atoms with Crippen LogP contribution in [0.5, 0.6) is 0 Å². The van der Waals surface area contributed by atoms with E-state index >= 15 is 0 Å². The molecule has 0 atom stereocenters. The fraction of sp³-hybridized carbons (Fsp3) is 0.133. The molecule has 2 N–H and O–H groups in total. The number of para-hydroxylation sites is 2. The quantitative estimate of drug-likeness (QED) is 0.797. The predicted molar refractivity (Wildman–Crippen MR) is 80.4 cm³/mol. The van der Waals surface area contributed by atoms with Crippen LogP contribution in [0.1, 0.15) is 11.1 Å². The fourth-order valence-corrected chi connectivity index (χ4v) is 2.19. The van der Waals surface area contributed by atoms with E-state index in [4.69, 9.17) is 5.73 Å². The highest BCUT2D eigenvalue weighted by molar-refractivity contribution is 5.85. The van der Waals surface area contributed by atoms with Crippen molar-refractivity contribution in [3.8, 4) is 0 Å². The summed E-state index contributed by atoms with van der Waals surface area (Å²) in [5.74, 6) is 0. The minimum absolute atomic E-state index is 0. The van der Waals surface area contributed by atoms with Gasteiger partial charge in [0, 0.05) is 13.1 Å². The van der Waals surface area contributed by atoms with E-state index in [9.17, 15) is 0 Å². The summed E-state index contributed by atoms with van der Waals surface area (Å²) < 4.78 is 2.16. The van der Waals surface area contributed by atoms with E-state index in [2.05, 4.69) is 39.9 Å². The van der Waals surface area contributed by atoms with E-state index in [0.29, 0.717) is 6.54 Å². The Morgan fingerprint density at radius 2 is 1.79 bits per heavy atom. The zero-order valence-corrected chi connectivity index (χ0v) is 11.3. The first kappa shape index (κ1) is 13.6. The normalized spacial score (nSPS) is 10.4. The van der Waals surface area contributed by atoms with Gasteiger partial charge in [-0.15, -0.1) is 12.4 Å². The largest absolute Gasteiger partial charge is 0.326 e. The van der Waals surface area contributed by atoms with Gasteiger partial charge in [-0.05, 0) is 23.3 Å². The molecule has 1 aromatic heterocycles. The molecule has 0 amide bonds. The number of benzene rings is 2. The van der Waals surface area contributed by atoms with Crippen LogP contribution >= 0.6 is 12.4 Å². The Bertz CT molecular complexity index is 676. The first-order valence-corrected chi connectivity index (χ1v) is 6.04. The molecule has 0 aliphatic heterocycles. The van der Waals surface area contributed by atoms with E-state index in [1.807, 2.05) is 24.5 Å². The van der Waals surface area contributed by atoms with Gasteiger partial charge in [0.2, 0.25) is 0 Å². The summed E-state index contributed by atoms with van der Waals surface area (Å²) in [5, 5.41) is 0. The molecule has 0 saturated heterocycles. The third-order valence-corrected chi connectivity index (χ3v) is 3.11. The minimum Gasteiger partial charge on any atom is -0.326 e. The molecule has 2 aromatic carbocycles. The third-order valence-electron chi connectivity index (χ3n) is 3.11. The summed E-state index contributed by atoms with van der Waals surface area (Å²) in [7, 11) is 0. The van der Waals surface area contributed by atoms with Crippen molar-refractivity contribution in [1.82, 2.24) is 9.55 Å². The topological polar surface area (TPSA) is 43.8 Å². The molecule has 0 unspecified atom stereocenters. The summed E-state index contributed by atoms with van der Waals surface area (Å²) in [6.07, 6.45) is 1.89. The number of hydrogen-bond donors (Lipinski definition) is 1. The van der Waals surface area contributed by atoms with Gasteiger partial charge >= 0.3 is 0 Å². The zero-order chi connectivity index (χ0) is 12.4. The predicted octanol–water partition coefficient (Wildman–Crippen LogP) is 2.97. The molecule has 0 bridgehead atoms. The second-order valence-electron chi connectivity index (χ2n) is 4.39. The van der Waals surface area contributed by atoms with Crippen molar-refractivity contribution in [2.45, 2.75) is 13.1 Å². The molecule has 0 spiro atoms. The third kappa shape index (κ3) is 2.78. The Hall–Kier alpha value is -1.84. The van der Waals surface area contributed by atoms with Crippen molar-refractivity contribution in [3.05, 3.63) is 66.0 Å². The van der Waals surface area contributed by atoms with Gasteiger partial charge < -0.3 is 10.3 Å². The SMILES string of the molecule is Cl.NCc1cccc(Cn2cnc3ccccc32)c1. The first-order valence-electron chi connectivity index (χ1n) is 6.04. The summed E-state index contributed by atoms with van der Waals surface area (Å²) in [5.41, 5.74) is 10.3. The highest BCUT2D eigenvalue weighted by atomic mass is 35.5. The molecule has 0 fully saturated rings. The average molecular weight is 274 g/mol. The van der Waals surface area contributed by atoms with Gasteiger partial charge in [-0.1, -0.05) is 36.4 Å². The molecule has 3 nitrogen and oxygen atoms in total. The molecule has 0 aliphatic carbocycles. The van der Waals surface area contributed by atoms with E-state index in [1.54, 1.807) is 0 Å². The monoisotopic (exact) mass is 273 g/mol. The van der Waals surface area contributed by atoms with E-state index in [-0.39, 0.29) is 12.4 Å². The number of rotatable bonds is 3. The average Bonchev–Trinajstić information content (AvgIpc) is 2.83. The molecule has 98 valence electrons. The lowest BCUT2D eigenvalue weighted by molar-refractivity contribution is 0.822. The Morgan fingerprint density at radius 3 is 2.63 bits per heavy atom. The summed E-state index contributed by atoms with van der Waals surface area (Å²) >= 11 is 0. The number of halogens is 1. The maximum Gasteiger partial charge on any atom is 0.0961 e. The molecule has 0 aliphatic rings. The van der Waals surface area contributed by atoms with Gasteiger partial charge in [-0.25, -0.2) is 4.98 Å². The lowest BCUT2D eigenvalue weighted by Crippen LogP contribution is -2.01. The lowest BCUT2D eigenvalue weighted by atomic mass is 10.1. The number of fused-ring (bicyclic) bond motifs is 1. The van der Waals surface area contributed by atoms with Crippen molar-refractivity contribution in [2.75, 3.05) is 0 Å². The number of aromatic nitrogens is 2. The molecule has 19 heavy (non-hydrogen) atoms. The maximum absolute atomic E-state index is 5.66. The molecular formula is C15H16ClN3. The van der Waals surface area contributed by atoms with Crippen LogP contribution in [0.2, 0.25) is 0 Å². The number of imidazole rings is 1. The van der Waals surface area contributed by atoms with E-state index in [1.165, 1.54) is 5.56 Å². The van der Waals surface area contributed by atoms with Gasteiger partial charge in [0.25, 0.3) is 0 Å². The van der Waals surface area contributed by atoms with Crippen molar-refractivity contribution in [1.29, 1.82) is 0 Å². The maximum atomic E-state index is 5.66. The molecule has 3 rings (SSSR count). The van der Waals surface area contributed by atoms with Crippen LogP contribution in [0.4, 0.5) is 0 Å². The first-order chi connectivity index (χ1) is 8.86. The number of hydrogen-bond acceptors (Lipinski definition) is 2. The Morgan fingerprint density at radius 1 is 1.00 bits per heavy atom. The number of nitrogens with zero attached hydrogens (tertiary/aromatic N) is 2. The van der Waals surface area contributed by atoms with Gasteiger partial charge in [0.1, 0.15) is 0 Å². The second kappa shape index (κ2) is 5.87. The number of nitrogens with two attached hydrogens (primary N) is 1. The summed E-state index contributed by atoms with van der Waals surface area (Å²) in [4.78, 5) is 4.40. The Balaban J connectivity index is 0.00000133. The molecule has 0 saturated carbocycles. The molecular weight excluding hydrogens is 258 g/mol. The van der Waals surface area contributed by atoms with Crippen molar-refractivity contribution in [2.24, 2.45) is 5.73 Å². The molecule has 1 heterocycles. The smallest absolute Gasteiger partial charge is 0.0961 e. The van der Waals surface area contributed by atoms with Gasteiger partial charge in [-0.3, -0.25) is 0 Å². The van der Waals surface area contributed by atoms with E-state index < -0.39 is 0 Å². The Labute approximate surface area is 118 Å². The van der Waals surface area contributed by atoms with Crippen LogP contribution in [0.25, 0.3) is 11.0 Å². The molecule has 4 heteroatoms. The highest BCUT2D eigenvalue weighted by Crippen LogP contribution is 2.14. The van der Waals surface area contributed by atoms with Crippen LogP contribution < -0.4 is 5.73 Å². The standard InChI is InChI=1S/C15H15N3.ClH/c16-9-12-4-3-5-13(8-12)10-18-11-17-14-6-1-2-7-15(14)18;/h1-8,11H,9-10,16H2;1H.